The number of ether oxygens (including phenoxy) is 3. The number of methoxy groups -OCH3 is 1. The first kappa shape index (κ1) is 72.6. The van der Waals surface area contributed by atoms with Crippen LogP contribution in [-0.4, -0.2) is 117 Å². The van der Waals surface area contributed by atoms with Gasteiger partial charge in [-0.05, 0) is 62.9 Å². The lowest BCUT2D eigenvalue weighted by atomic mass is 9.88. The highest BCUT2D eigenvalue weighted by atomic mass is 28.3. The van der Waals surface area contributed by atoms with Crippen LogP contribution in [0.2, 0.25) is 18.6 Å². The predicted molar refractivity (Wildman–Crippen MR) is 368 cm³/mol. The van der Waals surface area contributed by atoms with Crippen molar-refractivity contribution in [1.29, 1.82) is 0 Å². The van der Waals surface area contributed by atoms with Gasteiger partial charge in [-0.2, -0.15) is 0 Å². The van der Waals surface area contributed by atoms with Crippen LogP contribution in [0.1, 0.15) is 88.6 Å². The summed E-state index contributed by atoms with van der Waals surface area (Å²) in [4.78, 5) is 103. The molecule has 6 heterocycles. The van der Waals surface area contributed by atoms with E-state index >= 15 is 0 Å². The average molecular weight is 1290 g/mol. The molecule has 10 rings (SSSR count). The number of hydrogen-bond donors (Lipinski definition) is 2. The highest BCUT2D eigenvalue weighted by Gasteiger charge is 2.39. The first-order valence-corrected chi connectivity index (χ1v) is 33.9. The molecule has 18 nitrogen and oxygen atoms in total. The van der Waals surface area contributed by atoms with Crippen LogP contribution in [0.5, 0.6) is 0 Å². The number of Topliss-reactive ketones (excluding diaryl/α,β-unsaturated/α-hetero) is 1. The minimum Gasteiger partial charge on any atom is -0.466 e. The third kappa shape index (κ3) is 19.0. The summed E-state index contributed by atoms with van der Waals surface area (Å²) in [7, 11) is -0.610. The fourth-order valence-corrected chi connectivity index (χ4v) is 13.7. The summed E-state index contributed by atoms with van der Waals surface area (Å²) >= 11 is 0. The van der Waals surface area contributed by atoms with Crippen LogP contribution >= 0.6 is 0 Å². The molecule has 0 spiro atoms. The minimum absolute atomic E-state index is 0.0191. The second-order valence-corrected chi connectivity index (χ2v) is 27.3. The van der Waals surface area contributed by atoms with Gasteiger partial charge in [0.15, 0.2) is 5.78 Å². The van der Waals surface area contributed by atoms with Crippen molar-refractivity contribution >= 4 is 72.1 Å². The van der Waals surface area contributed by atoms with E-state index in [0.717, 1.165) is 28.5 Å². The number of nitrogens with one attached hydrogen (secondary N) is 1. The van der Waals surface area contributed by atoms with Gasteiger partial charge in [-0.15, -0.1) is 6.58 Å². The number of nitrogens with zero attached hydrogens (tertiary/aromatic N) is 5. The highest BCUT2D eigenvalue weighted by molar-refractivity contribution is 6.92. The molecule has 5 aromatic rings. The molecule has 19 heteroatoms. The number of allylic oxidation sites excluding steroid dienone is 9. The van der Waals surface area contributed by atoms with Gasteiger partial charge in [0, 0.05) is 140 Å². The number of benzene rings is 4. The molecule has 0 saturated carbocycles. The van der Waals surface area contributed by atoms with Crippen molar-refractivity contribution in [3.8, 4) is 0 Å². The number of para-hydroxylation sites is 1. The number of amides is 5. The van der Waals surface area contributed by atoms with Gasteiger partial charge in [-0.1, -0.05) is 170 Å². The number of carbonyl (C=O) groups is 8. The average Bonchev–Trinajstić information content (AvgIpc) is 1.02. The van der Waals surface area contributed by atoms with Crippen molar-refractivity contribution in [2.45, 2.75) is 97.9 Å². The minimum atomic E-state index is -1.98. The van der Waals surface area contributed by atoms with E-state index < -0.39 is 26.4 Å². The Morgan fingerprint density at radius 3 is 1.56 bits per heavy atom. The molecule has 5 unspecified atom stereocenters. The van der Waals surface area contributed by atoms with Crippen molar-refractivity contribution in [2.24, 2.45) is 5.92 Å². The van der Waals surface area contributed by atoms with Gasteiger partial charge in [0.2, 0.25) is 17.7 Å². The summed E-state index contributed by atoms with van der Waals surface area (Å²) in [6.45, 7) is 22.0. The molecular weight excluding hydrogens is 1200 g/mol. The molecule has 0 radical (unpaired) electrons. The predicted octanol–water partition coefficient (Wildman–Crippen LogP) is 13.4. The smallest absolute Gasteiger partial charge is 0.417 e. The topological polar surface area (TPSA) is 216 Å². The number of aliphatic hydroxyl groups excluding tert-OH is 1. The van der Waals surface area contributed by atoms with Gasteiger partial charge >= 0.3 is 18.2 Å². The molecule has 0 saturated heterocycles. The Kier molecular flexibility index (Phi) is 26.9. The molecule has 5 atom stereocenters. The molecule has 4 aromatic carbocycles. The summed E-state index contributed by atoms with van der Waals surface area (Å²) < 4.78 is 14.7. The van der Waals surface area contributed by atoms with Crippen molar-refractivity contribution < 1.29 is 57.7 Å². The molecule has 5 aliphatic rings. The number of aryl methyl sites for hydroxylation is 1. The fourth-order valence-electron chi connectivity index (χ4n) is 10.7. The SMILES string of the molecule is C=CC1C=CN(C(C)=O)C=C1C(C)O.CC(=O)N1C=CC(c2[nH]c3ccccc3c2C)C=C1.CCOC(=O)N1C=CC(c2ccccc2)C(C(C)=O)=C1.CCOC(=O)N1C=CC(c2ccccc2)C(C=O)=C1.COC(=O)C1=CN(C(C)=O)C=CC1[Si](C)(C)c1ccccc1. The number of aliphatic hydroxyl groups is 1. The van der Waals surface area contributed by atoms with E-state index in [1.807, 2.05) is 134 Å². The maximum Gasteiger partial charge on any atom is 0.417 e. The molecular formula is C75H84N6O12Si. The number of aldehydes is 1. The molecule has 1 aromatic heterocycles. The number of ketones is 1. The van der Waals surface area contributed by atoms with E-state index in [1.54, 1.807) is 82.1 Å². The van der Waals surface area contributed by atoms with Crippen LogP contribution in [0.4, 0.5) is 9.59 Å². The Morgan fingerprint density at radius 1 is 0.596 bits per heavy atom. The van der Waals surface area contributed by atoms with Crippen molar-refractivity contribution in [3.63, 3.8) is 0 Å². The highest BCUT2D eigenvalue weighted by Crippen LogP contribution is 2.36. The van der Waals surface area contributed by atoms with Gasteiger partial charge in [0.05, 0.1) is 40.1 Å². The monoisotopic (exact) mass is 1290 g/mol. The van der Waals surface area contributed by atoms with Crippen LogP contribution < -0.4 is 5.19 Å². The van der Waals surface area contributed by atoms with Crippen molar-refractivity contribution in [2.75, 3.05) is 20.3 Å². The Bertz CT molecular complexity index is 3840. The van der Waals surface area contributed by atoms with Crippen LogP contribution in [0.25, 0.3) is 10.9 Å². The Labute approximate surface area is 551 Å². The van der Waals surface area contributed by atoms with Gasteiger partial charge in [0.1, 0.15) is 6.29 Å². The number of H-pyrrole nitrogens is 1. The van der Waals surface area contributed by atoms with Gasteiger partial charge in [-0.3, -0.25) is 48.5 Å². The summed E-state index contributed by atoms with van der Waals surface area (Å²) in [5.74, 6) is -0.636. The second-order valence-electron chi connectivity index (χ2n) is 22.6. The van der Waals surface area contributed by atoms with Crippen LogP contribution in [0, 0.1) is 12.8 Å². The molecule has 5 amide bonds. The quantitative estimate of drug-likeness (QED) is 0.0392. The summed E-state index contributed by atoms with van der Waals surface area (Å²) in [6, 6.07) is 37.9. The maximum atomic E-state index is 12.2. The van der Waals surface area contributed by atoms with E-state index in [0.29, 0.717) is 29.9 Å². The third-order valence-electron chi connectivity index (χ3n) is 15.9. The fraction of sp³-hybridized carbons (Fsp3) is 0.253. The lowest BCUT2D eigenvalue weighted by molar-refractivity contribution is -0.136. The number of aromatic nitrogens is 1. The number of carbonyl (C=O) groups excluding carboxylic acids is 8. The molecule has 0 bridgehead atoms. The number of esters is 1. The van der Waals surface area contributed by atoms with Crippen molar-refractivity contribution in [1.82, 2.24) is 29.5 Å². The number of rotatable bonds is 12. The van der Waals surface area contributed by atoms with Gasteiger partial charge in [-0.25, -0.2) is 14.4 Å². The Hall–Kier alpha value is -10.5. The summed E-state index contributed by atoms with van der Waals surface area (Å²) in [5.41, 5.74) is 8.06. The third-order valence-corrected chi connectivity index (χ3v) is 19.8. The number of fused-ring (bicyclic) bond motifs is 1. The van der Waals surface area contributed by atoms with Gasteiger partial charge in [0.25, 0.3) is 0 Å². The standard InChI is InChI=1S/C17H21NO3Si.C16H16N2O.C16H17NO3.C15H15NO3.C11H15NO2/c1-13(19)18-11-10-16(15(12-18)17(20)21-2)22(3,4)14-8-6-5-7-9-14;1-11-14-5-3-4-6-15(14)17-16(11)13-7-9-18(10-8-13)12(2)19;1-3-20-16(19)17-10-9-14(15(11-17)12(2)18)13-7-5-4-6-8-13;1-2-19-15(18)16-9-8-14(13(10-16)11-17)12-6-4-3-5-7-12;1-4-10-5-6-12(9(3)14)7-11(10)8(2)13/h5-12,16H,1-4H3;3-10,13,17H,1-2H3;4-11,14H,3H2,1-2H3;3-11,14H,2H2,1H3;4-8,10,13H,1H2,2-3H3. The lowest BCUT2D eigenvalue weighted by Gasteiger charge is -2.34. The molecule has 2 N–H and O–H groups in total. The Morgan fingerprint density at radius 2 is 1.06 bits per heavy atom. The van der Waals surface area contributed by atoms with Crippen LogP contribution in [0.15, 0.2) is 249 Å². The second kappa shape index (κ2) is 34.8. The number of aromatic amines is 1. The van der Waals surface area contributed by atoms with Crippen LogP contribution in [-0.2, 0) is 43.0 Å². The summed E-state index contributed by atoms with van der Waals surface area (Å²) in [5, 5.41) is 12.0. The first-order valence-electron chi connectivity index (χ1n) is 30.8. The van der Waals surface area contributed by atoms with E-state index in [9.17, 15) is 43.5 Å². The zero-order valence-electron chi connectivity index (χ0n) is 55.1. The van der Waals surface area contributed by atoms with E-state index in [2.05, 4.69) is 61.9 Å². The van der Waals surface area contributed by atoms with Gasteiger partial charge < -0.3 is 24.3 Å². The Balaban J connectivity index is 0.000000187. The zero-order valence-corrected chi connectivity index (χ0v) is 56.1. The normalized spacial score (nSPS) is 18.1. The zero-order chi connectivity index (χ0) is 68.6. The van der Waals surface area contributed by atoms with E-state index in [-0.39, 0.29) is 58.7 Å². The molecule has 0 aliphatic carbocycles. The molecule has 94 heavy (non-hydrogen) atoms. The number of hydrogen-bond acceptors (Lipinski definition) is 12. The molecule has 5 aliphatic heterocycles. The van der Waals surface area contributed by atoms with E-state index in [4.69, 9.17) is 14.2 Å². The first-order chi connectivity index (χ1) is 45.0. The molecule has 490 valence electrons. The van der Waals surface area contributed by atoms with Crippen LogP contribution in [0.3, 0.4) is 0 Å². The lowest BCUT2D eigenvalue weighted by Crippen LogP contribution is -2.48. The van der Waals surface area contributed by atoms with Crippen molar-refractivity contribution in [3.05, 3.63) is 271 Å². The largest absolute Gasteiger partial charge is 0.466 e. The maximum absolute atomic E-state index is 12.2. The summed E-state index contributed by atoms with van der Waals surface area (Å²) in [6.07, 6.45) is 29.2. The molecule has 0 fully saturated rings. The van der Waals surface area contributed by atoms with E-state index in [1.165, 1.54) is 75.5 Å².